The SMILES string of the molecule is CO[C@@H](C(=O)ON1[C@@](C)(c2ccccc2)c2ccccc2[C@@]1(C)c1ccccc1)c1ccccc1. The third kappa shape index (κ3) is 3.66. The number of nitrogens with zero attached hydrogens (tertiary/aromatic N) is 1. The molecule has 4 nitrogen and oxygen atoms in total. The van der Waals surface area contributed by atoms with Crippen LogP contribution in [-0.4, -0.2) is 18.1 Å². The van der Waals surface area contributed by atoms with Gasteiger partial charge in [-0.2, -0.15) is 0 Å². The van der Waals surface area contributed by atoms with Crippen LogP contribution in [0, 0.1) is 0 Å². The Balaban J connectivity index is 1.69. The molecule has 0 saturated heterocycles. The molecule has 0 aliphatic carbocycles. The second-order valence-corrected chi connectivity index (χ2v) is 9.15. The fourth-order valence-corrected chi connectivity index (χ4v) is 5.39. The predicted molar refractivity (Wildman–Crippen MR) is 136 cm³/mol. The predicted octanol–water partition coefficient (Wildman–Crippen LogP) is 6.38. The van der Waals surface area contributed by atoms with Crippen LogP contribution >= 0.6 is 0 Å². The van der Waals surface area contributed by atoms with Gasteiger partial charge in [0.1, 0.15) is 11.1 Å². The Morgan fingerprint density at radius 2 is 1.06 bits per heavy atom. The standard InChI is InChI=1S/C31H29NO3/c1-30(24-17-9-5-10-18-24)26-21-13-14-22-27(26)31(2,25-19-11-6-12-20-25)32(30)35-29(33)28(34-3)23-15-7-4-8-16-23/h4-22,28H,1-3H3/t28-,30-,31+/m1/s1. The normalized spacial score (nSPS) is 22.4. The molecule has 0 amide bonds. The minimum atomic E-state index is -0.847. The number of carbonyl (C=O) groups is 1. The Bertz CT molecular complexity index is 1240. The number of hydroxylamine groups is 2. The van der Waals surface area contributed by atoms with E-state index < -0.39 is 23.2 Å². The van der Waals surface area contributed by atoms with Gasteiger partial charge in [0.05, 0.1) is 0 Å². The van der Waals surface area contributed by atoms with Crippen LogP contribution in [0.15, 0.2) is 115 Å². The number of ether oxygens (including phenoxy) is 1. The van der Waals surface area contributed by atoms with Gasteiger partial charge in [-0.25, -0.2) is 4.79 Å². The first kappa shape index (κ1) is 23.0. The lowest BCUT2D eigenvalue weighted by Gasteiger charge is -2.43. The summed E-state index contributed by atoms with van der Waals surface area (Å²) in [6.45, 7) is 4.24. The van der Waals surface area contributed by atoms with E-state index in [0.717, 1.165) is 27.8 Å². The Labute approximate surface area is 206 Å². The first-order valence-electron chi connectivity index (χ1n) is 11.8. The second-order valence-electron chi connectivity index (χ2n) is 9.15. The van der Waals surface area contributed by atoms with Crippen molar-refractivity contribution in [1.82, 2.24) is 5.06 Å². The minimum Gasteiger partial charge on any atom is -0.365 e. The molecule has 0 bridgehead atoms. The van der Waals surface area contributed by atoms with Crippen LogP contribution in [0.4, 0.5) is 0 Å². The van der Waals surface area contributed by atoms with E-state index in [1.54, 1.807) is 0 Å². The molecule has 35 heavy (non-hydrogen) atoms. The summed E-state index contributed by atoms with van der Waals surface area (Å²) in [5.41, 5.74) is 3.56. The summed E-state index contributed by atoms with van der Waals surface area (Å²) in [5, 5.41) is 1.87. The molecule has 0 aromatic heterocycles. The van der Waals surface area contributed by atoms with Gasteiger partial charge in [-0.15, -0.1) is 5.06 Å². The molecule has 0 unspecified atom stereocenters. The van der Waals surface area contributed by atoms with Gasteiger partial charge >= 0.3 is 5.97 Å². The van der Waals surface area contributed by atoms with Crippen LogP contribution in [0.3, 0.4) is 0 Å². The fourth-order valence-electron chi connectivity index (χ4n) is 5.39. The molecule has 0 saturated carbocycles. The molecule has 0 N–H and O–H groups in total. The number of fused-ring (bicyclic) bond motifs is 1. The number of hydrogen-bond donors (Lipinski definition) is 0. The Morgan fingerprint density at radius 1 is 0.657 bits per heavy atom. The smallest absolute Gasteiger partial charge is 0.358 e. The van der Waals surface area contributed by atoms with Gasteiger partial charge in [-0.3, -0.25) is 0 Å². The molecule has 4 aromatic carbocycles. The molecule has 4 heteroatoms. The summed E-state index contributed by atoms with van der Waals surface area (Å²) in [6.07, 6.45) is -0.847. The van der Waals surface area contributed by atoms with Crippen molar-refractivity contribution in [1.29, 1.82) is 0 Å². The van der Waals surface area contributed by atoms with Gasteiger partial charge in [0.15, 0.2) is 6.10 Å². The average Bonchev–Trinajstić information content (AvgIpc) is 3.12. The van der Waals surface area contributed by atoms with E-state index in [-0.39, 0.29) is 0 Å². The number of hydrogen-bond acceptors (Lipinski definition) is 4. The summed E-state index contributed by atoms with van der Waals surface area (Å²) in [5.74, 6) is -0.462. The minimum absolute atomic E-state index is 0.462. The molecule has 0 radical (unpaired) electrons. The van der Waals surface area contributed by atoms with E-state index in [1.165, 1.54) is 7.11 Å². The lowest BCUT2D eigenvalue weighted by atomic mass is 9.83. The zero-order chi connectivity index (χ0) is 24.5. The largest absolute Gasteiger partial charge is 0.365 e. The van der Waals surface area contributed by atoms with Crippen molar-refractivity contribution in [3.05, 3.63) is 143 Å². The molecule has 3 atom stereocenters. The molecule has 4 aromatic rings. The van der Waals surface area contributed by atoms with Crippen molar-refractivity contribution in [2.45, 2.75) is 31.0 Å². The van der Waals surface area contributed by atoms with E-state index in [4.69, 9.17) is 9.57 Å². The highest BCUT2D eigenvalue weighted by molar-refractivity contribution is 5.76. The van der Waals surface area contributed by atoms with Crippen molar-refractivity contribution in [2.24, 2.45) is 0 Å². The van der Waals surface area contributed by atoms with Crippen molar-refractivity contribution in [3.8, 4) is 0 Å². The Morgan fingerprint density at radius 3 is 1.49 bits per heavy atom. The monoisotopic (exact) mass is 463 g/mol. The summed E-state index contributed by atoms with van der Waals surface area (Å²) < 4.78 is 5.63. The fraction of sp³-hybridized carbons (Fsp3) is 0.194. The first-order valence-corrected chi connectivity index (χ1v) is 11.8. The zero-order valence-corrected chi connectivity index (χ0v) is 20.2. The summed E-state index contributed by atoms with van der Waals surface area (Å²) in [4.78, 5) is 20.1. The Hall–Kier alpha value is -3.73. The van der Waals surface area contributed by atoms with Crippen molar-refractivity contribution >= 4 is 5.97 Å². The van der Waals surface area contributed by atoms with E-state index in [0.29, 0.717) is 0 Å². The van der Waals surface area contributed by atoms with Gasteiger partial charge < -0.3 is 9.57 Å². The third-order valence-electron chi connectivity index (χ3n) is 7.19. The molecular weight excluding hydrogens is 434 g/mol. The van der Waals surface area contributed by atoms with E-state index in [1.807, 2.05) is 83.9 Å². The highest BCUT2D eigenvalue weighted by Crippen LogP contribution is 2.55. The molecule has 0 fully saturated rings. The molecule has 5 rings (SSSR count). The van der Waals surface area contributed by atoms with Crippen LogP contribution in [-0.2, 0) is 25.4 Å². The highest BCUT2D eigenvalue weighted by atomic mass is 16.7. The summed E-state index contributed by atoms with van der Waals surface area (Å²) in [7, 11) is 1.53. The van der Waals surface area contributed by atoms with Crippen molar-refractivity contribution < 1.29 is 14.4 Å². The van der Waals surface area contributed by atoms with Gasteiger partial charge in [0.2, 0.25) is 0 Å². The van der Waals surface area contributed by atoms with Crippen LogP contribution in [0.5, 0.6) is 0 Å². The number of carbonyl (C=O) groups excluding carboxylic acids is 1. The van der Waals surface area contributed by atoms with Crippen LogP contribution in [0.2, 0.25) is 0 Å². The van der Waals surface area contributed by atoms with E-state index in [2.05, 4.69) is 50.2 Å². The maximum atomic E-state index is 13.7. The van der Waals surface area contributed by atoms with Crippen LogP contribution < -0.4 is 0 Å². The molecule has 0 spiro atoms. The molecule has 1 aliphatic heterocycles. The van der Waals surface area contributed by atoms with Crippen molar-refractivity contribution in [3.63, 3.8) is 0 Å². The van der Waals surface area contributed by atoms with Gasteiger partial charge in [-0.1, -0.05) is 115 Å². The van der Waals surface area contributed by atoms with Gasteiger partial charge in [0, 0.05) is 7.11 Å². The molecular formula is C31H29NO3. The van der Waals surface area contributed by atoms with Crippen LogP contribution in [0.1, 0.15) is 47.8 Å². The first-order chi connectivity index (χ1) is 17.0. The summed E-state index contributed by atoms with van der Waals surface area (Å²) >= 11 is 0. The third-order valence-corrected chi connectivity index (χ3v) is 7.19. The lowest BCUT2D eigenvalue weighted by molar-refractivity contribution is -0.248. The van der Waals surface area contributed by atoms with Gasteiger partial charge in [-0.05, 0) is 41.7 Å². The number of rotatable bonds is 6. The Kier molecular flexibility index (Phi) is 6.01. The maximum absolute atomic E-state index is 13.7. The highest BCUT2D eigenvalue weighted by Gasteiger charge is 2.58. The average molecular weight is 464 g/mol. The van der Waals surface area contributed by atoms with E-state index in [9.17, 15) is 4.79 Å². The van der Waals surface area contributed by atoms with Crippen molar-refractivity contribution in [2.75, 3.05) is 7.11 Å². The quantitative estimate of drug-likeness (QED) is 0.333. The number of methoxy groups -OCH3 is 1. The van der Waals surface area contributed by atoms with Crippen LogP contribution in [0.25, 0.3) is 0 Å². The topological polar surface area (TPSA) is 38.8 Å². The zero-order valence-electron chi connectivity index (χ0n) is 20.2. The molecule has 1 heterocycles. The second kappa shape index (κ2) is 9.14. The summed E-state index contributed by atoms with van der Waals surface area (Å²) in [6, 6.07) is 38.2. The van der Waals surface area contributed by atoms with E-state index >= 15 is 0 Å². The lowest BCUT2D eigenvalue weighted by Crippen LogP contribution is -2.51. The maximum Gasteiger partial charge on any atom is 0.358 e. The molecule has 1 aliphatic rings. The molecule has 176 valence electrons. The van der Waals surface area contributed by atoms with Gasteiger partial charge in [0.25, 0.3) is 0 Å². The number of benzene rings is 4.